The molecular formula is C21H24O7. The van der Waals surface area contributed by atoms with Crippen molar-refractivity contribution in [1.82, 2.24) is 0 Å². The van der Waals surface area contributed by atoms with Gasteiger partial charge in [0.15, 0.2) is 18.0 Å². The summed E-state index contributed by atoms with van der Waals surface area (Å²) in [7, 11) is 0. The maximum Gasteiger partial charge on any atom is 0.334 e. The molecular weight excluding hydrogens is 364 g/mol. The molecule has 0 N–H and O–H groups in total. The number of rotatable bonds is 3. The smallest absolute Gasteiger partial charge is 0.334 e. The summed E-state index contributed by atoms with van der Waals surface area (Å²) in [4.78, 5) is 48.3. The lowest BCUT2D eigenvalue weighted by atomic mass is 9.82. The summed E-state index contributed by atoms with van der Waals surface area (Å²) in [5.41, 5.74) is 1.38. The highest BCUT2D eigenvalue weighted by Crippen LogP contribution is 2.38. The number of ketones is 1. The summed E-state index contributed by atoms with van der Waals surface area (Å²) in [6, 6.07) is 0. The molecule has 0 amide bonds. The predicted octanol–water partition coefficient (Wildman–Crippen LogP) is 2.37. The van der Waals surface area contributed by atoms with E-state index in [1.54, 1.807) is 13.8 Å². The Hall–Kier alpha value is -2.96. The van der Waals surface area contributed by atoms with Gasteiger partial charge in [-0.15, -0.1) is 0 Å². The van der Waals surface area contributed by atoms with E-state index >= 15 is 0 Å². The molecule has 0 aromatic rings. The summed E-state index contributed by atoms with van der Waals surface area (Å²) in [6.07, 6.45) is 0.108. The van der Waals surface area contributed by atoms with Crippen molar-refractivity contribution < 1.29 is 33.4 Å². The van der Waals surface area contributed by atoms with E-state index < -0.39 is 42.1 Å². The molecule has 0 unspecified atom stereocenters. The minimum atomic E-state index is -1.01. The zero-order valence-electron chi connectivity index (χ0n) is 16.4. The summed E-state index contributed by atoms with van der Waals surface area (Å²) in [5.74, 6) is -2.96. The van der Waals surface area contributed by atoms with E-state index in [-0.39, 0.29) is 23.4 Å². The van der Waals surface area contributed by atoms with Crippen molar-refractivity contribution in [2.75, 3.05) is 0 Å². The normalized spacial score (nSPS) is 31.5. The van der Waals surface area contributed by atoms with Crippen LogP contribution in [-0.2, 0) is 33.4 Å². The summed E-state index contributed by atoms with van der Waals surface area (Å²) < 4.78 is 16.4. The van der Waals surface area contributed by atoms with E-state index in [0.717, 1.165) is 0 Å². The highest BCUT2D eigenvalue weighted by atomic mass is 16.6. The lowest BCUT2D eigenvalue weighted by Crippen LogP contribution is -2.43. The molecule has 1 heterocycles. The number of ether oxygens (including phenoxy) is 3. The van der Waals surface area contributed by atoms with Crippen LogP contribution < -0.4 is 0 Å². The first kappa shape index (κ1) is 21.3. The molecule has 0 bridgehead atoms. The predicted molar refractivity (Wildman–Crippen MR) is 99.9 cm³/mol. The van der Waals surface area contributed by atoms with Crippen molar-refractivity contribution in [3.63, 3.8) is 0 Å². The maximum atomic E-state index is 12.3. The van der Waals surface area contributed by atoms with Gasteiger partial charge in [-0.05, 0) is 38.5 Å². The third-order valence-corrected chi connectivity index (χ3v) is 4.59. The van der Waals surface area contributed by atoms with Crippen LogP contribution in [0.25, 0.3) is 0 Å². The molecule has 1 fully saturated rings. The van der Waals surface area contributed by atoms with Crippen molar-refractivity contribution in [3.05, 3.63) is 47.6 Å². The van der Waals surface area contributed by atoms with E-state index in [9.17, 15) is 19.2 Å². The Morgan fingerprint density at radius 3 is 2.36 bits per heavy atom. The molecule has 0 spiro atoms. The first-order chi connectivity index (χ1) is 13.0. The van der Waals surface area contributed by atoms with Crippen LogP contribution in [0.5, 0.6) is 0 Å². The lowest BCUT2D eigenvalue weighted by Gasteiger charge is -2.32. The number of hydrogen-bond donors (Lipinski definition) is 0. The molecule has 7 nitrogen and oxygen atoms in total. The summed E-state index contributed by atoms with van der Waals surface area (Å²) in [6.45, 7) is 13.4. The van der Waals surface area contributed by atoms with Crippen LogP contribution >= 0.6 is 0 Å². The number of carbonyl (C=O) groups is 4. The Labute approximate surface area is 163 Å². The zero-order chi connectivity index (χ0) is 21.2. The second-order valence-electron chi connectivity index (χ2n) is 7.16. The highest BCUT2D eigenvalue weighted by molar-refractivity contribution is 6.00. The minimum Gasteiger partial charge on any atom is -0.458 e. The largest absolute Gasteiger partial charge is 0.458 e. The third-order valence-electron chi connectivity index (χ3n) is 4.59. The third kappa shape index (κ3) is 4.65. The average Bonchev–Trinajstić information content (AvgIpc) is 2.85. The lowest BCUT2D eigenvalue weighted by molar-refractivity contribution is -0.162. The summed E-state index contributed by atoms with van der Waals surface area (Å²) in [5, 5.41) is 0. The van der Waals surface area contributed by atoms with Crippen LogP contribution in [0.4, 0.5) is 0 Å². The van der Waals surface area contributed by atoms with Crippen LogP contribution in [0.2, 0.25) is 0 Å². The minimum absolute atomic E-state index is 0.120. The molecule has 0 radical (unpaired) electrons. The second kappa shape index (κ2) is 8.37. The summed E-state index contributed by atoms with van der Waals surface area (Å²) >= 11 is 0. The van der Waals surface area contributed by atoms with E-state index in [4.69, 9.17) is 14.2 Å². The first-order valence-electron chi connectivity index (χ1n) is 8.84. The van der Waals surface area contributed by atoms with Crippen molar-refractivity contribution in [2.45, 2.75) is 52.4 Å². The van der Waals surface area contributed by atoms with Gasteiger partial charge < -0.3 is 14.2 Å². The monoisotopic (exact) mass is 388 g/mol. The van der Waals surface area contributed by atoms with E-state index in [1.165, 1.54) is 26.0 Å². The Kier molecular flexibility index (Phi) is 6.38. The molecule has 0 aromatic heterocycles. The Morgan fingerprint density at radius 2 is 1.79 bits per heavy atom. The van der Waals surface area contributed by atoms with Gasteiger partial charge in [-0.3, -0.25) is 9.59 Å². The van der Waals surface area contributed by atoms with Crippen molar-refractivity contribution in [3.8, 4) is 0 Å². The van der Waals surface area contributed by atoms with Gasteiger partial charge in [0.25, 0.3) is 0 Å². The van der Waals surface area contributed by atoms with Gasteiger partial charge >= 0.3 is 17.9 Å². The Morgan fingerprint density at radius 1 is 1.14 bits per heavy atom. The van der Waals surface area contributed by atoms with E-state index in [0.29, 0.717) is 11.1 Å². The molecule has 2 rings (SSSR count). The number of fused-ring (bicyclic) bond motifs is 1. The number of carbonyl (C=O) groups excluding carboxylic acids is 4. The fourth-order valence-corrected chi connectivity index (χ4v) is 3.34. The molecule has 4 atom stereocenters. The van der Waals surface area contributed by atoms with Crippen LogP contribution in [0.15, 0.2) is 47.6 Å². The quantitative estimate of drug-likeness (QED) is 0.416. The van der Waals surface area contributed by atoms with Gasteiger partial charge in [0, 0.05) is 24.5 Å². The second-order valence-corrected chi connectivity index (χ2v) is 7.16. The zero-order valence-corrected chi connectivity index (χ0v) is 16.4. The molecule has 7 heteroatoms. The molecule has 1 saturated heterocycles. The van der Waals surface area contributed by atoms with Crippen LogP contribution in [-0.4, -0.2) is 42.0 Å². The highest BCUT2D eigenvalue weighted by Gasteiger charge is 2.50. The molecule has 0 saturated carbocycles. The van der Waals surface area contributed by atoms with Gasteiger partial charge in [0.1, 0.15) is 6.10 Å². The molecule has 0 aromatic carbocycles. The molecule has 28 heavy (non-hydrogen) atoms. The van der Waals surface area contributed by atoms with E-state index in [2.05, 4.69) is 13.2 Å². The Bertz CT molecular complexity index is 815. The van der Waals surface area contributed by atoms with Crippen molar-refractivity contribution >= 4 is 23.7 Å². The van der Waals surface area contributed by atoms with Gasteiger partial charge in [-0.1, -0.05) is 18.7 Å². The number of allylic oxidation sites excluding steroid dienone is 2. The van der Waals surface area contributed by atoms with Crippen LogP contribution in [0.1, 0.15) is 34.1 Å². The van der Waals surface area contributed by atoms with Crippen LogP contribution in [0, 0.1) is 5.92 Å². The average molecular weight is 388 g/mol. The van der Waals surface area contributed by atoms with Gasteiger partial charge in [0.2, 0.25) is 0 Å². The SMILES string of the molecule is C=C(C)C(=O)O[C@H]1C/C(C)=C/C(=O)/C=C(/C)[C@@H](OC(C)=O)[C@H]2OC(=O)C(=C)[C@@H]21. The fraction of sp³-hybridized carbons (Fsp3) is 0.429. The van der Waals surface area contributed by atoms with Crippen LogP contribution in [0.3, 0.4) is 0 Å². The molecule has 150 valence electrons. The van der Waals surface area contributed by atoms with Gasteiger partial charge in [-0.25, -0.2) is 9.59 Å². The number of esters is 3. The first-order valence-corrected chi connectivity index (χ1v) is 8.84. The molecule has 2 aliphatic rings. The maximum absolute atomic E-state index is 12.3. The number of hydrogen-bond acceptors (Lipinski definition) is 7. The molecule has 1 aliphatic carbocycles. The van der Waals surface area contributed by atoms with Gasteiger partial charge in [-0.2, -0.15) is 0 Å². The van der Waals surface area contributed by atoms with Crippen molar-refractivity contribution in [1.29, 1.82) is 0 Å². The standard InChI is InChI=1S/C21H24O7/c1-10(2)20(24)27-16-8-11(3)7-15(23)9-12(4)18(26-14(6)22)19-17(16)13(5)21(25)28-19/h7,9,16-19H,1,5,8H2,2-4,6H3/b11-7+,12-9-/t16-,17+,18+,19-/m0/s1. The topological polar surface area (TPSA) is 96.0 Å². The Balaban J connectivity index is 2.59. The fourth-order valence-electron chi connectivity index (χ4n) is 3.34. The van der Waals surface area contributed by atoms with E-state index in [1.807, 2.05) is 0 Å². The van der Waals surface area contributed by atoms with Gasteiger partial charge in [0.05, 0.1) is 5.92 Å². The van der Waals surface area contributed by atoms with Crippen molar-refractivity contribution in [2.24, 2.45) is 5.92 Å². The molecule has 1 aliphatic heterocycles.